The molecule has 0 saturated heterocycles. The van der Waals surface area contributed by atoms with Gasteiger partial charge in [0.15, 0.2) is 11.5 Å². The summed E-state index contributed by atoms with van der Waals surface area (Å²) in [6, 6.07) is 21.2. The number of urea groups is 1. The number of benzene rings is 3. The maximum Gasteiger partial charge on any atom is 0.319 e. The van der Waals surface area contributed by atoms with E-state index in [1.165, 1.54) is 0 Å². The second kappa shape index (κ2) is 8.87. The van der Waals surface area contributed by atoms with Crippen molar-refractivity contribution in [1.82, 2.24) is 10.6 Å². The summed E-state index contributed by atoms with van der Waals surface area (Å²) in [5.41, 5.74) is 2.54. The molecule has 6 nitrogen and oxygen atoms in total. The molecule has 2 N–H and O–H groups in total. The van der Waals surface area contributed by atoms with Gasteiger partial charge in [0.2, 0.25) is 0 Å². The fraction of sp³-hybridized carbons (Fsp3) is 0.259. The van der Waals surface area contributed by atoms with Crippen LogP contribution in [0.2, 0.25) is 0 Å². The summed E-state index contributed by atoms with van der Waals surface area (Å²) in [6.45, 7) is 6.28. The van der Waals surface area contributed by atoms with E-state index in [4.69, 9.17) is 9.47 Å². The van der Waals surface area contributed by atoms with Crippen LogP contribution in [-0.2, 0) is 6.61 Å². The first-order chi connectivity index (χ1) is 15.8. The lowest BCUT2D eigenvalue weighted by Crippen LogP contribution is -2.46. The predicted octanol–water partition coefficient (Wildman–Crippen LogP) is 5.61. The molecule has 1 aliphatic heterocycles. The molecule has 3 aromatic rings. The topological polar surface area (TPSA) is 83.4 Å². The van der Waals surface area contributed by atoms with Crippen LogP contribution in [0, 0.1) is 16.7 Å². The zero-order valence-electron chi connectivity index (χ0n) is 19.2. The van der Waals surface area contributed by atoms with Crippen LogP contribution in [0.3, 0.4) is 0 Å². The van der Waals surface area contributed by atoms with E-state index in [0.29, 0.717) is 29.4 Å². The summed E-state index contributed by atoms with van der Waals surface area (Å²) in [6.07, 6.45) is 0. The molecule has 1 aliphatic rings. The molecule has 0 unspecified atom stereocenters. The largest absolute Gasteiger partial charge is 0.493 e. The molecule has 0 spiro atoms. The summed E-state index contributed by atoms with van der Waals surface area (Å²) in [7, 11) is 1.58. The minimum Gasteiger partial charge on any atom is -0.493 e. The highest BCUT2D eigenvalue weighted by Crippen LogP contribution is 2.37. The Bertz CT molecular complexity index is 1280. The quantitative estimate of drug-likeness (QED) is 0.539. The molecule has 0 saturated carbocycles. The van der Waals surface area contributed by atoms with Crippen molar-refractivity contribution in [2.75, 3.05) is 7.11 Å². The number of amides is 2. The maximum atomic E-state index is 12.3. The fourth-order valence-corrected chi connectivity index (χ4v) is 4.08. The number of nitriles is 1. The molecule has 1 heterocycles. The van der Waals surface area contributed by atoms with Crippen LogP contribution in [0.25, 0.3) is 10.8 Å². The number of carbonyl (C=O) groups is 1. The van der Waals surface area contributed by atoms with Crippen LogP contribution in [0.15, 0.2) is 71.9 Å². The van der Waals surface area contributed by atoms with Crippen molar-refractivity contribution in [2.45, 2.75) is 33.4 Å². The van der Waals surface area contributed by atoms with Gasteiger partial charge in [0.1, 0.15) is 6.61 Å². The van der Waals surface area contributed by atoms with Gasteiger partial charge in [-0.05, 0) is 34.0 Å². The molecule has 0 fully saturated rings. The zero-order valence-corrected chi connectivity index (χ0v) is 19.2. The number of fused-ring (bicyclic) bond motifs is 1. The Morgan fingerprint density at radius 2 is 1.79 bits per heavy atom. The van der Waals surface area contributed by atoms with Gasteiger partial charge in [0, 0.05) is 11.1 Å². The third-order valence-corrected chi connectivity index (χ3v) is 5.73. The Morgan fingerprint density at radius 1 is 1.03 bits per heavy atom. The third-order valence-electron chi connectivity index (χ3n) is 5.73. The van der Waals surface area contributed by atoms with Gasteiger partial charge in [-0.1, -0.05) is 69.3 Å². The van der Waals surface area contributed by atoms with Gasteiger partial charge in [-0.25, -0.2) is 4.79 Å². The Balaban J connectivity index is 1.64. The summed E-state index contributed by atoms with van der Waals surface area (Å²) < 4.78 is 11.7. The molecular weight excluding hydrogens is 414 g/mol. The van der Waals surface area contributed by atoms with Crippen molar-refractivity contribution in [3.05, 3.63) is 83.1 Å². The Hall–Kier alpha value is -3.98. The predicted molar refractivity (Wildman–Crippen MR) is 128 cm³/mol. The first kappa shape index (κ1) is 22.2. The minimum absolute atomic E-state index is 0.334. The van der Waals surface area contributed by atoms with E-state index in [2.05, 4.69) is 34.9 Å². The molecule has 3 aromatic carbocycles. The number of carbonyl (C=O) groups excluding carboxylic acids is 1. The molecule has 0 aliphatic carbocycles. The Kier molecular flexibility index (Phi) is 5.97. The molecule has 168 valence electrons. The number of rotatable bonds is 5. The number of hydrogen-bond donors (Lipinski definition) is 2. The molecular formula is C27H27N3O3. The molecule has 1 atom stereocenters. The van der Waals surface area contributed by atoms with Gasteiger partial charge in [0.25, 0.3) is 0 Å². The lowest BCUT2D eigenvalue weighted by Gasteiger charge is -2.33. The van der Waals surface area contributed by atoms with E-state index < -0.39 is 6.04 Å². The molecule has 33 heavy (non-hydrogen) atoms. The molecule has 6 heteroatoms. The highest BCUT2D eigenvalue weighted by atomic mass is 16.5. The summed E-state index contributed by atoms with van der Waals surface area (Å²) in [5, 5.41) is 17.8. The average molecular weight is 442 g/mol. The fourth-order valence-electron chi connectivity index (χ4n) is 4.08. The van der Waals surface area contributed by atoms with Crippen molar-refractivity contribution in [3.8, 4) is 17.6 Å². The van der Waals surface area contributed by atoms with Gasteiger partial charge >= 0.3 is 6.03 Å². The Labute approximate surface area is 193 Å². The first-order valence-corrected chi connectivity index (χ1v) is 10.8. The highest BCUT2D eigenvalue weighted by Gasteiger charge is 2.34. The van der Waals surface area contributed by atoms with Crippen molar-refractivity contribution < 1.29 is 14.3 Å². The second-order valence-electron chi connectivity index (χ2n) is 9.02. The van der Waals surface area contributed by atoms with Crippen LogP contribution in [0.5, 0.6) is 11.5 Å². The summed E-state index contributed by atoms with van der Waals surface area (Å²) in [4.78, 5) is 12.3. The van der Waals surface area contributed by atoms with Crippen molar-refractivity contribution in [1.29, 1.82) is 5.26 Å². The van der Waals surface area contributed by atoms with Gasteiger partial charge in [-0.2, -0.15) is 5.26 Å². The number of nitrogens with zero attached hydrogens (tertiary/aromatic N) is 1. The Morgan fingerprint density at radius 3 is 2.52 bits per heavy atom. The van der Waals surface area contributed by atoms with E-state index in [1.807, 2.05) is 63.2 Å². The number of hydrogen-bond acceptors (Lipinski definition) is 4. The lowest BCUT2D eigenvalue weighted by atomic mass is 9.84. The summed E-state index contributed by atoms with van der Waals surface area (Å²) in [5.74, 6) is 1.13. The maximum absolute atomic E-state index is 12.3. The van der Waals surface area contributed by atoms with Gasteiger partial charge in [-0.15, -0.1) is 0 Å². The zero-order chi connectivity index (χ0) is 23.6. The molecule has 0 bridgehead atoms. The number of methoxy groups -OCH3 is 1. The SMILES string of the molecule is COc1cc([C@H]2NC(=O)NC(C(C)(C)C)=C2C#N)ccc1OCc1cccc2ccccc12. The van der Waals surface area contributed by atoms with Gasteiger partial charge in [0.05, 0.1) is 24.8 Å². The van der Waals surface area contributed by atoms with Crippen molar-refractivity contribution >= 4 is 16.8 Å². The van der Waals surface area contributed by atoms with Crippen LogP contribution in [-0.4, -0.2) is 13.1 Å². The van der Waals surface area contributed by atoms with Gasteiger partial charge < -0.3 is 20.1 Å². The second-order valence-corrected chi connectivity index (χ2v) is 9.02. The van der Waals surface area contributed by atoms with Crippen LogP contribution >= 0.6 is 0 Å². The number of allylic oxidation sites excluding steroid dienone is 1. The summed E-state index contributed by atoms with van der Waals surface area (Å²) >= 11 is 0. The van der Waals surface area contributed by atoms with Gasteiger partial charge in [-0.3, -0.25) is 0 Å². The number of nitrogens with one attached hydrogen (secondary N) is 2. The average Bonchev–Trinajstić information content (AvgIpc) is 2.81. The van der Waals surface area contributed by atoms with Crippen LogP contribution in [0.4, 0.5) is 4.79 Å². The number of ether oxygens (including phenoxy) is 2. The van der Waals surface area contributed by atoms with E-state index >= 15 is 0 Å². The third kappa shape index (κ3) is 4.49. The molecule has 2 amide bonds. The van der Waals surface area contributed by atoms with Crippen molar-refractivity contribution in [2.24, 2.45) is 5.41 Å². The first-order valence-electron chi connectivity index (χ1n) is 10.8. The standard InChI is InChI=1S/C27H27N3O3/c1-27(2,3)25-21(15-28)24(29-26(31)30-25)18-12-13-22(23(14-18)32-4)33-16-19-10-7-9-17-8-5-6-11-20(17)19/h5-14,24H,16H2,1-4H3,(H2,29,30,31)/t24-/m1/s1. The van der Waals surface area contributed by atoms with Crippen molar-refractivity contribution in [3.63, 3.8) is 0 Å². The molecule has 0 aromatic heterocycles. The highest BCUT2D eigenvalue weighted by molar-refractivity contribution is 5.85. The minimum atomic E-state index is -0.570. The van der Waals surface area contributed by atoms with E-state index in [0.717, 1.165) is 21.9 Å². The molecule has 0 radical (unpaired) electrons. The van der Waals surface area contributed by atoms with E-state index in [9.17, 15) is 10.1 Å². The van der Waals surface area contributed by atoms with Crippen LogP contribution < -0.4 is 20.1 Å². The van der Waals surface area contributed by atoms with Crippen LogP contribution in [0.1, 0.15) is 37.9 Å². The monoisotopic (exact) mass is 441 g/mol. The van der Waals surface area contributed by atoms with E-state index in [-0.39, 0.29) is 11.4 Å². The lowest BCUT2D eigenvalue weighted by molar-refractivity contribution is 0.235. The normalized spacial score (nSPS) is 16.1. The molecule has 4 rings (SSSR count). The smallest absolute Gasteiger partial charge is 0.319 e. The van der Waals surface area contributed by atoms with E-state index in [1.54, 1.807) is 7.11 Å².